The highest BCUT2D eigenvalue weighted by Gasteiger charge is 2.27. The van der Waals surface area contributed by atoms with Gasteiger partial charge in [-0.1, -0.05) is 19.1 Å². The first-order valence-electron chi connectivity index (χ1n) is 5.68. The zero-order valence-electron chi connectivity index (χ0n) is 9.64. The summed E-state index contributed by atoms with van der Waals surface area (Å²) in [6, 6.07) is 6.18. The van der Waals surface area contributed by atoms with E-state index in [-0.39, 0.29) is 16.7 Å². The van der Waals surface area contributed by atoms with Crippen molar-refractivity contribution >= 4 is 15.8 Å². The standard InChI is InChI=1S/C12H15NO3S/c1-2-12(14)9-3-7-11(8-4-9)17(15,16)13-10-5-6-10/h3-4,7-8,10,13H,2,5-6H2,1H3. The van der Waals surface area contributed by atoms with E-state index >= 15 is 0 Å². The van der Waals surface area contributed by atoms with Crippen LogP contribution in [0.3, 0.4) is 0 Å². The molecule has 2 rings (SSSR count). The van der Waals surface area contributed by atoms with Crippen LogP contribution in [-0.4, -0.2) is 20.2 Å². The molecule has 0 heterocycles. The molecule has 0 saturated heterocycles. The van der Waals surface area contributed by atoms with Gasteiger partial charge in [-0.25, -0.2) is 13.1 Å². The fourth-order valence-electron chi connectivity index (χ4n) is 1.51. The summed E-state index contributed by atoms with van der Waals surface area (Å²) >= 11 is 0. The molecule has 17 heavy (non-hydrogen) atoms. The highest BCUT2D eigenvalue weighted by Crippen LogP contribution is 2.22. The first-order valence-corrected chi connectivity index (χ1v) is 7.17. The molecule has 0 aromatic heterocycles. The summed E-state index contributed by atoms with van der Waals surface area (Å²) in [4.78, 5) is 11.6. The van der Waals surface area contributed by atoms with E-state index in [1.165, 1.54) is 12.1 Å². The molecular formula is C12H15NO3S. The van der Waals surface area contributed by atoms with Crippen molar-refractivity contribution in [3.8, 4) is 0 Å². The molecule has 1 N–H and O–H groups in total. The molecule has 1 aliphatic carbocycles. The quantitative estimate of drug-likeness (QED) is 0.813. The number of carbonyl (C=O) groups is 1. The van der Waals surface area contributed by atoms with Crippen LogP contribution >= 0.6 is 0 Å². The van der Waals surface area contributed by atoms with Gasteiger partial charge in [0.05, 0.1) is 4.90 Å². The average molecular weight is 253 g/mol. The van der Waals surface area contributed by atoms with Gasteiger partial charge in [0.25, 0.3) is 0 Å². The lowest BCUT2D eigenvalue weighted by Crippen LogP contribution is -2.25. The summed E-state index contributed by atoms with van der Waals surface area (Å²) in [7, 11) is -3.41. The molecule has 1 aromatic rings. The third-order valence-electron chi connectivity index (χ3n) is 2.71. The van der Waals surface area contributed by atoms with E-state index in [1.807, 2.05) is 0 Å². The zero-order chi connectivity index (χ0) is 12.5. The van der Waals surface area contributed by atoms with Gasteiger partial charge in [0.2, 0.25) is 10.0 Å². The van der Waals surface area contributed by atoms with E-state index in [9.17, 15) is 13.2 Å². The molecule has 1 fully saturated rings. The van der Waals surface area contributed by atoms with Crippen LogP contribution in [0.4, 0.5) is 0 Å². The molecule has 0 unspecified atom stereocenters. The minimum atomic E-state index is -3.41. The molecule has 0 bridgehead atoms. The smallest absolute Gasteiger partial charge is 0.240 e. The average Bonchev–Trinajstić information content (AvgIpc) is 3.11. The largest absolute Gasteiger partial charge is 0.294 e. The summed E-state index contributed by atoms with van der Waals surface area (Å²) in [5.41, 5.74) is 0.554. The number of sulfonamides is 1. The van der Waals surface area contributed by atoms with Crippen LogP contribution in [-0.2, 0) is 10.0 Å². The summed E-state index contributed by atoms with van der Waals surface area (Å²) in [6.45, 7) is 1.78. The van der Waals surface area contributed by atoms with Crippen molar-refractivity contribution in [1.82, 2.24) is 4.72 Å². The van der Waals surface area contributed by atoms with Crippen LogP contribution in [0.15, 0.2) is 29.2 Å². The lowest BCUT2D eigenvalue weighted by molar-refractivity contribution is 0.0988. The number of hydrogen-bond acceptors (Lipinski definition) is 3. The lowest BCUT2D eigenvalue weighted by Gasteiger charge is -2.05. The van der Waals surface area contributed by atoms with E-state index in [0.717, 1.165) is 12.8 Å². The molecule has 4 nitrogen and oxygen atoms in total. The molecule has 0 atom stereocenters. The number of Topliss-reactive ketones (excluding diaryl/α,β-unsaturated/α-hetero) is 1. The minimum absolute atomic E-state index is 0.0177. The molecule has 0 aliphatic heterocycles. The third-order valence-corrected chi connectivity index (χ3v) is 4.24. The van der Waals surface area contributed by atoms with Crippen LogP contribution in [0.5, 0.6) is 0 Å². The van der Waals surface area contributed by atoms with Crippen molar-refractivity contribution in [1.29, 1.82) is 0 Å². The molecular weight excluding hydrogens is 238 g/mol. The summed E-state index contributed by atoms with van der Waals surface area (Å²) in [5.74, 6) is 0.0177. The molecule has 92 valence electrons. The Labute approximate surface area is 101 Å². The third kappa shape index (κ3) is 2.92. The minimum Gasteiger partial charge on any atom is -0.294 e. The van der Waals surface area contributed by atoms with E-state index < -0.39 is 10.0 Å². The molecule has 0 radical (unpaired) electrons. The van der Waals surface area contributed by atoms with Crippen LogP contribution in [0.25, 0.3) is 0 Å². The molecule has 1 aliphatic rings. The van der Waals surface area contributed by atoms with Crippen molar-refractivity contribution in [3.05, 3.63) is 29.8 Å². The van der Waals surface area contributed by atoms with Crippen LogP contribution in [0.2, 0.25) is 0 Å². The maximum absolute atomic E-state index is 11.8. The van der Waals surface area contributed by atoms with Crippen molar-refractivity contribution in [2.75, 3.05) is 0 Å². The monoisotopic (exact) mass is 253 g/mol. The van der Waals surface area contributed by atoms with E-state index in [2.05, 4.69) is 4.72 Å². The molecule has 5 heteroatoms. The van der Waals surface area contributed by atoms with Crippen LogP contribution < -0.4 is 4.72 Å². The Hall–Kier alpha value is -1.20. The Morgan fingerprint density at radius 2 is 1.88 bits per heavy atom. The summed E-state index contributed by atoms with van der Waals surface area (Å²) < 4.78 is 26.3. The zero-order valence-corrected chi connectivity index (χ0v) is 10.5. The normalized spacial score (nSPS) is 15.8. The van der Waals surface area contributed by atoms with Gasteiger partial charge in [0.15, 0.2) is 5.78 Å². The second-order valence-corrected chi connectivity index (χ2v) is 5.91. The highest BCUT2D eigenvalue weighted by atomic mass is 32.2. The van der Waals surface area contributed by atoms with Crippen molar-refractivity contribution in [2.24, 2.45) is 0 Å². The highest BCUT2D eigenvalue weighted by molar-refractivity contribution is 7.89. The number of rotatable bonds is 5. The van der Waals surface area contributed by atoms with Crippen molar-refractivity contribution in [3.63, 3.8) is 0 Å². The van der Waals surface area contributed by atoms with Gasteiger partial charge < -0.3 is 0 Å². The van der Waals surface area contributed by atoms with E-state index in [1.54, 1.807) is 19.1 Å². The SMILES string of the molecule is CCC(=O)c1ccc(S(=O)(=O)NC2CC2)cc1. The second-order valence-electron chi connectivity index (χ2n) is 4.20. The number of nitrogens with one attached hydrogen (secondary N) is 1. The molecule has 0 spiro atoms. The first kappa shape index (κ1) is 12.3. The number of ketones is 1. The molecule has 1 saturated carbocycles. The Morgan fingerprint density at radius 3 is 2.35 bits per heavy atom. The predicted octanol–water partition coefficient (Wildman–Crippen LogP) is 1.72. The van der Waals surface area contributed by atoms with Crippen molar-refractivity contribution in [2.45, 2.75) is 37.1 Å². The van der Waals surface area contributed by atoms with Crippen molar-refractivity contribution < 1.29 is 13.2 Å². The van der Waals surface area contributed by atoms with Gasteiger partial charge in [-0.05, 0) is 25.0 Å². The van der Waals surface area contributed by atoms with E-state index in [4.69, 9.17) is 0 Å². The Balaban J connectivity index is 2.19. The van der Waals surface area contributed by atoms with Gasteiger partial charge in [-0.3, -0.25) is 4.79 Å². The second kappa shape index (κ2) is 4.58. The van der Waals surface area contributed by atoms with Gasteiger partial charge in [-0.2, -0.15) is 0 Å². The Kier molecular flexibility index (Phi) is 3.31. The first-order chi connectivity index (χ1) is 8.03. The van der Waals surface area contributed by atoms with Gasteiger partial charge in [0, 0.05) is 18.0 Å². The number of carbonyl (C=O) groups excluding carboxylic acids is 1. The van der Waals surface area contributed by atoms with Gasteiger partial charge in [-0.15, -0.1) is 0 Å². The van der Waals surface area contributed by atoms with Crippen LogP contribution in [0.1, 0.15) is 36.5 Å². The van der Waals surface area contributed by atoms with E-state index in [0.29, 0.717) is 12.0 Å². The van der Waals surface area contributed by atoms with Gasteiger partial charge >= 0.3 is 0 Å². The predicted molar refractivity (Wildman–Crippen MR) is 64.4 cm³/mol. The topological polar surface area (TPSA) is 63.2 Å². The Morgan fingerprint density at radius 1 is 1.29 bits per heavy atom. The fraction of sp³-hybridized carbons (Fsp3) is 0.417. The number of hydrogen-bond donors (Lipinski definition) is 1. The van der Waals surface area contributed by atoms with Crippen LogP contribution in [0, 0.1) is 0 Å². The maximum Gasteiger partial charge on any atom is 0.240 e. The molecule has 1 aromatic carbocycles. The molecule has 0 amide bonds. The lowest BCUT2D eigenvalue weighted by atomic mass is 10.1. The number of benzene rings is 1. The Bertz CT molecular complexity index is 515. The van der Waals surface area contributed by atoms with Gasteiger partial charge in [0.1, 0.15) is 0 Å². The fourth-order valence-corrected chi connectivity index (χ4v) is 2.82. The summed E-state index contributed by atoms with van der Waals surface area (Å²) in [6.07, 6.45) is 2.24. The maximum atomic E-state index is 11.8. The summed E-state index contributed by atoms with van der Waals surface area (Å²) in [5, 5.41) is 0.